The minimum Gasteiger partial charge on any atom is -0.488 e. The quantitative estimate of drug-likeness (QED) is 0.450. The van der Waals surface area contributed by atoms with E-state index in [1.165, 1.54) is 23.9 Å². The van der Waals surface area contributed by atoms with Crippen LogP contribution in [0.2, 0.25) is 0 Å². The maximum Gasteiger partial charge on any atom is 0.266 e. The summed E-state index contributed by atoms with van der Waals surface area (Å²) in [5.74, 6) is 0.294. The highest BCUT2D eigenvalue weighted by atomic mass is 79.9. The van der Waals surface area contributed by atoms with Crippen molar-refractivity contribution in [3.8, 4) is 5.75 Å². The highest BCUT2D eigenvalue weighted by molar-refractivity contribution is 9.10. The fourth-order valence-corrected chi connectivity index (χ4v) is 4.33. The summed E-state index contributed by atoms with van der Waals surface area (Å²) < 4.78 is 20.3. The molecule has 1 amide bonds. The number of rotatable bonds is 5. The lowest BCUT2D eigenvalue weighted by molar-refractivity contribution is -0.121. The average molecular weight is 452 g/mol. The summed E-state index contributed by atoms with van der Waals surface area (Å²) >= 11 is 10.0. The molecule has 1 fully saturated rings. The topological polar surface area (TPSA) is 29.5 Å². The number of ether oxygens (including phenoxy) is 1. The van der Waals surface area contributed by atoms with Crippen LogP contribution in [0.5, 0.6) is 5.75 Å². The molecule has 0 spiro atoms. The zero-order chi connectivity index (χ0) is 18.7. The average Bonchev–Trinajstić information content (AvgIpc) is 2.87. The summed E-state index contributed by atoms with van der Waals surface area (Å²) in [4.78, 5) is 14.5. The van der Waals surface area contributed by atoms with Crippen molar-refractivity contribution in [2.45, 2.75) is 13.5 Å². The molecule has 0 bridgehead atoms. The van der Waals surface area contributed by atoms with Crippen LogP contribution in [0.4, 0.5) is 4.39 Å². The highest BCUT2D eigenvalue weighted by Gasteiger charge is 2.30. The van der Waals surface area contributed by atoms with E-state index in [-0.39, 0.29) is 18.3 Å². The van der Waals surface area contributed by atoms with Crippen molar-refractivity contribution in [2.24, 2.45) is 0 Å². The Hall–Kier alpha value is -1.70. The Labute approximate surface area is 169 Å². The van der Waals surface area contributed by atoms with Gasteiger partial charge in [0.1, 0.15) is 22.5 Å². The number of likely N-dealkylation sites (N-methyl/N-ethyl adjacent to an activating group) is 1. The monoisotopic (exact) mass is 451 g/mol. The van der Waals surface area contributed by atoms with Crippen LogP contribution in [0, 0.1) is 5.82 Å². The molecule has 1 saturated heterocycles. The number of thioether (sulfide) groups is 1. The van der Waals surface area contributed by atoms with Crippen molar-refractivity contribution < 1.29 is 13.9 Å². The largest absolute Gasteiger partial charge is 0.488 e. The number of hydrogen-bond donors (Lipinski definition) is 0. The van der Waals surface area contributed by atoms with Gasteiger partial charge in [-0.3, -0.25) is 9.69 Å². The van der Waals surface area contributed by atoms with Gasteiger partial charge in [0, 0.05) is 6.54 Å². The van der Waals surface area contributed by atoms with E-state index in [2.05, 4.69) is 15.9 Å². The van der Waals surface area contributed by atoms with Gasteiger partial charge in [-0.2, -0.15) is 0 Å². The Morgan fingerprint density at radius 3 is 2.77 bits per heavy atom. The van der Waals surface area contributed by atoms with Gasteiger partial charge < -0.3 is 4.74 Å². The van der Waals surface area contributed by atoms with Crippen LogP contribution in [0.15, 0.2) is 51.8 Å². The molecular formula is C19H15BrFNO2S2. The summed E-state index contributed by atoms with van der Waals surface area (Å²) in [5, 5.41) is 0. The molecule has 3 nitrogen and oxygen atoms in total. The van der Waals surface area contributed by atoms with E-state index < -0.39 is 0 Å². The Bertz CT molecular complexity index is 901. The maximum atomic E-state index is 13.2. The summed E-state index contributed by atoms with van der Waals surface area (Å²) in [6.45, 7) is 2.73. The molecule has 2 aromatic rings. The van der Waals surface area contributed by atoms with Gasteiger partial charge in [0.2, 0.25) is 0 Å². The number of carbonyl (C=O) groups excluding carboxylic acids is 1. The van der Waals surface area contributed by atoms with Crippen molar-refractivity contribution in [3.05, 3.63) is 68.8 Å². The Morgan fingerprint density at radius 2 is 2.12 bits per heavy atom. The van der Waals surface area contributed by atoms with Gasteiger partial charge in [0.05, 0.1) is 9.38 Å². The molecule has 3 rings (SSSR count). The van der Waals surface area contributed by atoms with E-state index in [4.69, 9.17) is 17.0 Å². The minimum atomic E-state index is -0.287. The molecule has 0 aliphatic carbocycles. The Kier molecular flexibility index (Phi) is 6.11. The van der Waals surface area contributed by atoms with Gasteiger partial charge in [-0.1, -0.05) is 42.2 Å². The summed E-state index contributed by atoms with van der Waals surface area (Å²) in [6, 6.07) is 11.9. The third-order valence-electron chi connectivity index (χ3n) is 3.73. The second-order valence-electron chi connectivity index (χ2n) is 5.53. The van der Waals surface area contributed by atoms with Crippen molar-refractivity contribution in [3.63, 3.8) is 0 Å². The Balaban J connectivity index is 1.73. The molecule has 0 atom stereocenters. The zero-order valence-corrected chi connectivity index (χ0v) is 17.1. The van der Waals surface area contributed by atoms with E-state index in [0.717, 1.165) is 15.6 Å². The molecule has 1 heterocycles. The fourth-order valence-electron chi connectivity index (χ4n) is 2.44. The van der Waals surface area contributed by atoms with Crippen molar-refractivity contribution in [2.75, 3.05) is 6.54 Å². The smallest absolute Gasteiger partial charge is 0.266 e. The van der Waals surface area contributed by atoms with Crippen LogP contribution < -0.4 is 4.74 Å². The number of halogens is 2. The number of thiocarbonyl (C=S) groups is 1. The Morgan fingerprint density at radius 1 is 1.31 bits per heavy atom. The van der Waals surface area contributed by atoms with E-state index >= 15 is 0 Å². The molecule has 1 aliphatic rings. The van der Waals surface area contributed by atoms with Gasteiger partial charge in [-0.15, -0.1) is 0 Å². The first-order chi connectivity index (χ1) is 12.5. The molecule has 7 heteroatoms. The van der Waals surface area contributed by atoms with Crippen LogP contribution in [-0.2, 0) is 11.4 Å². The second-order valence-corrected chi connectivity index (χ2v) is 8.06. The molecule has 2 aromatic carbocycles. The number of carbonyl (C=O) groups is 1. The van der Waals surface area contributed by atoms with Crippen LogP contribution >= 0.6 is 39.9 Å². The SMILES string of the molecule is CCN1C(=O)C(=Cc2ccc(OCc3cccc(F)c3)c(Br)c2)SC1=S. The number of amides is 1. The van der Waals surface area contributed by atoms with Gasteiger partial charge >= 0.3 is 0 Å². The zero-order valence-electron chi connectivity index (χ0n) is 13.9. The first kappa shape index (κ1) is 19.1. The number of nitrogens with zero attached hydrogens (tertiary/aromatic N) is 1. The van der Waals surface area contributed by atoms with Crippen molar-refractivity contribution in [1.29, 1.82) is 0 Å². The molecule has 26 heavy (non-hydrogen) atoms. The normalized spacial score (nSPS) is 15.8. The minimum absolute atomic E-state index is 0.0648. The third kappa shape index (κ3) is 4.34. The van der Waals surface area contributed by atoms with Crippen LogP contribution in [0.25, 0.3) is 6.08 Å². The molecule has 0 saturated carbocycles. The van der Waals surface area contributed by atoms with Gasteiger partial charge in [0.25, 0.3) is 5.91 Å². The van der Waals surface area contributed by atoms with Crippen LogP contribution in [0.1, 0.15) is 18.1 Å². The van der Waals surface area contributed by atoms with Gasteiger partial charge in [-0.25, -0.2) is 4.39 Å². The maximum absolute atomic E-state index is 13.2. The highest BCUT2D eigenvalue weighted by Crippen LogP contribution is 2.34. The lowest BCUT2D eigenvalue weighted by Crippen LogP contribution is -2.27. The molecule has 0 radical (unpaired) electrons. The third-order valence-corrected chi connectivity index (χ3v) is 5.72. The first-order valence-electron chi connectivity index (χ1n) is 7.90. The fraction of sp³-hybridized carbons (Fsp3) is 0.158. The predicted molar refractivity (Wildman–Crippen MR) is 110 cm³/mol. The van der Waals surface area contributed by atoms with Crippen molar-refractivity contribution >= 4 is 56.2 Å². The molecule has 0 aromatic heterocycles. The summed E-state index contributed by atoms with van der Waals surface area (Å²) in [5.41, 5.74) is 1.62. The van der Waals surface area contributed by atoms with E-state index in [0.29, 0.717) is 21.5 Å². The molecule has 0 unspecified atom stereocenters. The second kappa shape index (κ2) is 8.33. The molecule has 1 aliphatic heterocycles. The van der Waals surface area contributed by atoms with Crippen molar-refractivity contribution in [1.82, 2.24) is 4.90 Å². The molecule has 0 N–H and O–H groups in total. The number of benzene rings is 2. The summed E-state index contributed by atoms with van der Waals surface area (Å²) in [6.07, 6.45) is 1.82. The first-order valence-corrected chi connectivity index (χ1v) is 9.92. The molecule has 134 valence electrons. The van der Waals surface area contributed by atoms with Gasteiger partial charge in [0.15, 0.2) is 0 Å². The predicted octanol–water partition coefficient (Wildman–Crippen LogP) is 5.39. The number of hydrogen-bond acceptors (Lipinski definition) is 4. The van der Waals surface area contributed by atoms with Gasteiger partial charge in [-0.05, 0) is 64.3 Å². The standard InChI is InChI=1S/C19H15BrFNO2S2/c1-2-22-18(23)17(26-19(22)25)10-12-6-7-16(15(20)9-12)24-11-13-4-3-5-14(21)8-13/h3-10H,2,11H2,1H3. The van der Waals surface area contributed by atoms with E-state index in [1.807, 2.05) is 31.2 Å². The van der Waals surface area contributed by atoms with Crippen LogP contribution in [-0.4, -0.2) is 21.7 Å². The van der Waals surface area contributed by atoms with Crippen LogP contribution in [0.3, 0.4) is 0 Å². The van der Waals surface area contributed by atoms with E-state index in [9.17, 15) is 9.18 Å². The molecular weight excluding hydrogens is 437 g/mol. The summed E-state index contributed by atoms with van der Waals surface area (Å²) in [7, 11) is 0. The lowest BCUT2D eigenvalue weighted by atomic mass is 10.2. The lowest BCUT2D eigenvalue weighted by Gasteiger charge is -2.10. The van der Waals surface area contributed by atoms with E-state index in [1.54, 1.807) is 17.0 Å².